The van der Waals surface area contributed by atoms with Gasteiger partial charge in [-0.15, -0.1) is 0 Å². The van der Waals surface area contributed by atoms with Crippen molar-refractivity contribution in [2.24, 2.45) is 0 Å². The Hall–Kier alpha value is -5.86. The molecule has 8 aromatic rings. The molecule has 0 fully saturated rings. The van der Waals surface area contributed by atoms with Crippen molar-refractivity contribution in [3.8, 4) is 56.2 Å². The maximum absolute atomic E-state index is 5.19. The van der Waals surface area contributed by atoms with Crippen LogP contribution in [0.2, 0.25) is 0 Å². The van der Waals surface area contributed by atoms with E-state index in [1.54, 1.807) is 0 Å². The van der Waals surface area contributed by atoms with Gasteiger partial charge in [0.2, 0.25) is 0 Å². The summed E-state index contributed by atoms with van der Waals surface area (Å²) >= 11 is 0. The Kier molecular flexibility index (Phi) is 6.20. The van der Waals surface area contributed by atoms with Gasteiger partial charge in [0, 0.05) is 22.1 Å². The molecule has 0 amide bonds. The third kappa shape index (κ3) is 4.56. The summed E-state index contributed by atoms with van der Waals surface area (Å²) in [6, 6.07) is 56.5. The van der Waals surface area contributed by atoms with E-state index >= 15 is 0 Å². The van der Waals surface area contributed by atoms with Crippen LogP contribution < -0.4 is 0 Å². The summed E-state index contributed by atoms with van der Waals surface area (Å²) in [7, 11) is 0. The fourth-order valence-electron chi connectivity index (χ4n) is 7.33. The number of aromatic nitrogens is 2. The molecule has 1 aromatic heterocycles. The predicted molar refractivity (Wildman–Crippen MR) is 196 cm³/mol. The number of rotatable bonds is 4. The first kappa shape index (κ1) is 27.5. The van der Waals surface area contributed by atoms with Gasteiger partial charge in [0.15, 0.2) is 5.82 Å². The lowest BCUT2D eigenvalue weighted by Crippen LogP contribution is -2.14. The summed E-state index contributed by atoms with van der Waals surface area (Å²) in [4.78, 5) is 10.3. The van der Waals surface area contributed by atoms with Crippen LogP contribution in [0, 0.1) is 0 Å². The van der Waals surface area contributed by atoms with Gasteiger partial charge in [-0.3, -0.25) is 0 Å². The molecule has 0 spiro atoms. The standard InChI is InChI=1S/C45H32N2/c1-45(2)40-16-10-9-15-36(40)39-25-34-23-19-31-20-24-35(26-37(31)38(34)27-41(39)45)44-46-42(32-13-7-4-8-14-32)28-43(47-44)33-21-17-30(18-22-33)29-11-5-3-6-12-29/h3-28H,1-2H3. The zero-order chi connectivity index (χ0) is 31.5. The van der Waals surface area contributed by atoms with Crippen molar-refractivity contribution in [1.29, 1.82) is 0 Å². The third-order valence-corrected chi connectivity index (χ3v) is 9.88. The molecule has 9 rings (SSSR count). The first-order chi connectivity index (χ1) is 23.0. The molecule has 2 heteroatoms. The van der Waals surface area contributed by atoms with Gasteiger partial charge in [0.25, 0.3) is 0 Å². The molecule has 222 valence electrons. The second kappa shape index (κ2) is 10.6. The van der Waals surface area contributed by atoms with Crippen molar-refractivity contribution >= 4 is 21.5 Å². The molecule has 47 heavy (non-hydrogen) atoms. The third-order valence-electron chi connectivity index (χ3n) is 9.88. The van der Waals surface area contributed by atoms with Gasteiger partial charge in [0.1, 0.15) is 0 Å². The second-order valence-corrected chi connectivity index (χ2v) is 13.1. The number of fused-ring (bicyclic) bond motifs is 6. The Morgan fingerprint density at radius 2 is 0.915 bits per heavy atom. The van der Waals surface area contributed by atoms with E-state index in [1.165, 1.54) is 54.9 Å². The summed E-state index contributed by atoms with van der Waals surface area (Å²) in [6.45, 7) is 4.69. The van der Waals surface area contributed by atoms with E-state index < -0.39 is 0 Å². The van der Waals surface area contributed by atoms with Gasteiger partial charge in [-0.25, -0.2) is 9.97 Å². The van der Waals surface area contributed by atoms with Gasteiger partial charge in [-0.1, -0.05) is 147 Å². The van der Waals surface area contributed by atoms with E-state index in [0.717, 1.165) is 33.9 Å². The summed E-state index contributed by atoms with van der Waals surface area (Å²) in [5.74, 6) is 0.723. The largest absolute Gasteiger partial charge is 0.228 e. The molecular weight excluding hydrogens is 569 g/mol. The molecule has 0 radical (unpaired) electrons. The van der Waals surface area contributed by atoms with Gasteiger partial charge in [0.05, 0.1) is 11.4 Å². The van der Waals surface area contributed by atoms with Crippen LogP contribution in [0.1, 0.15) is 25.0 Å². The lowest BCUT2D eigenvalue weighted by Gasteiger charge is -2.22. The Balaban J connectivity index is 1.20. The maximum Gasteiger partial charge on any atom is 0.160 e. The van der Waals surface area contributed by atoms with Gasteiger partial charge in [-0.05, 0) is 79.2 Å². The molecule has 1 aliphatic rings. The molecule has 0 bridgehead atoms. The molecule has 0 aliphatic heterocycles. The van der Waals surface area contributed by atoms with E-state index in [2.05, 4.69) is 159 Å². The molecule has 0 N–H and O–H groups in total. The van der Waals surface area contributed by atoms with Crippen LogP contribution in [-0.4, -0.2) is 9.97 Å². The highest BCUT2D eigenvalue weighted by Gasteiger charge is 2.35. The van der Waals surface area contributed by atoms with E-state index in [1.807, 2.05) is 12.1 Å². The van der Waals surface area contributed by atoms with Gasteiger partial charge in [-0.2, -0.15) is 0 Å². The van der Waals surface area contributed by atoms with Crippen molar-refractivity contribution < 1.29 is 0 Å². The molecule has 0 saturated heterocycles. The van der Waals surface area contributed by atoms with Crippen LogP contribution in [0.5, 0.6) is 0 Å². The number of hydrogen-bond donors (Lipinski definition) is 0. The van der Waals surface area contributed by atoms with Crippen LogP contribution in [0.4, 0.5) is 0 Å². The highest BCUT2D eigenvalue weighted by molar-refractivity contribution is 6.10. The van der Waals surface area contributed by atoms with Crippen molar-refractivity contribution in [1.82, 2.24) is 9.97 Å². The maximum atomic E-state index is 5.19. The van der Waals surface area contributed by atoms with Crippen LogP contribution in [0.25, 0.3) is 77.7 Å². The minimum absolute atomic E-state index is 0.0576. The molecule has 0 saturated carbocycles. The van der Waals surface area contributed by atoms with Crippen LogP contribution in [-0.2, 0) is 5.41 Å². The summed E-state index contributed by atoms with van der Waals surface area (Å²) < 4.78 is 0. The normalized spacial score (nSPS) is 13.1. The van der Waals surface area contributed by atoms with Gasteiger partial charge >= 0.3 is 0 Å². The Bertz CT molecular complexity index is 2460. The van der Waals surface area contributed by atoms with Crippen molar-refractivity contribution in [3.05, 3.63) is 169 Å². The minimum atomic E-state index is -0.0576. The Labute approximate surface area is 275 Å². The van der Waals surface area contributed by atoms with Crippen molar-refractivity contribution in [2.45, 2.75) is 19.3 Å². The van der Waals surface area contributed by atoms with Crippen molar-refractivity contribution in [3.63, 3.8) is 0 Å². The highest BCUT2D eigenvalue weighted by Crippen LogP contribution is 2.50. The quantitative estimate of drug-likeness (QED) is 0.188. The van der Waals surface area contributed by atoms with E-state index in [4.69, 9.17) is 9.97 Å². The average molecular weight is 601 g/mol. The van der Waals surface area contributed by atoms with E-state index in [-0.39, 0.29) is 5.41 Å². The first-order valence-electron chi connectivity index (χ1n) is 16.2. The van der Waals surface area contributed by atoms with Crippen LogP contribution in [0.15, 0.2) is 158 Å². The molecule has 0 unspecified atom stereocenters. The number of benzene rings is 7. The Morgan fingerprint density at radius 3 is 1.66 bits per heavy atom. The summed E-state index contributed by atoms with van der Waals surface area (Å²) in [6.07, 6.45) is 0. The monoisotopic (exact) mass is 600 g/mol. The van der Waals surface area contributed by atoms with E-state index in [9.17, 15) is 0 Å². The predicted octanol–water partition coefficient (Wildman–Crippen LogP) is 11.8. The number of hydrogen-bond acceptors (Lipinski definition) is 2. The molecule has 7 aromatic carbocycles. The molecule has 1 heterocycles. The zero-order valence-electron chi connectivity index (χ0n) is 26.4. The fourth-order valence-corrected chi connectivity index (χ4v) is 7.33. The lowest BCUT2D eigenvalue weighted by atomic mass is 9.81. The molecule has 1 aliphatic carbocycles. The van der Waals surface area contributed by atoms with E-state index in [0.29, 0.717) is 0 Å². The molecular formula is C45H32N2. The SMILES string of the molecule is CC1(C)c2ccccc2-c2cc3ccc4ccc(-c5nc(-c6ccccc6)cc(-c6ccc(-c7ccccc7)cc6)n5)cc4c3cc21. The molecule has 2 nitrogen and oxygen atoms in total. The second-order valence-electron chi connectivity index (χ2n) is 13.1. The highest BCUT2D eigenvalue weighted by atomic mass is 14.9. The van der Waals surface area contributed by atoms with Crippen LogP contribution in [0.3, 0.4) is 0 Å². The van der Waals surface area contributed by atoms with Crippen LogP contribution >= 0.6 is 0 Å². The summed E-state index contributed by atoms with van der Waals surface area (Å²) in [5.41, 5.74) is 12.8. The van der Waals surface area contributed by atoms with Gasteiger partial charge < -0.3 is 0 Å². The zero-order valence-corrected chi connectivity index (χ0v) is 26.4. The number of nitrogens with zero attached hydrogens (tertiary/aromatic N) is 2. The average Bonchev–Trinajstić information content (AvgIpc) is 3.36. The minimum Gasteiger partial charge on any atom is -0.228 e. The Morgan fingerprint density at radius 1 is 0.383 bits per heavy atom. The van der Waals surface area contributed by atoms with Crippen molar-refractivity contribution in [2.75, 3.05) is 0 Å². The first-order valence-corrected chi connectivity index (χ1v) is 16.2. The topological polar surface area (TPSA) is 25.8 Å². The fraction of sp³-hybridized carbons (Fsp3) is 0.0667. The lowest BCUT2D eigenvalue weighted by molar-refractivity contribution is 0.661. The summed E-state index contributed by atoms with van der Waals surface area (Å²) in [5, 5.41) is 4.95. The smallest absolute Gasteiger partial charge is 0.160 e. The molecule has 0 atom stereocenters.